The van der Waals surface area contributed by atoms with Gasteiger partial charge >= 0.3 is 18.9 Å². The third-order valence-corrected chi connectivity index (χ3v) is 5.23. The molecule has 0 amide bonds. The van der Waals surface area contributed by atoms with Crippen molar-refractivity contribution in [3.8, 4) is 0 Å². The maximum Gasteiger partial charge on any atom is 1.00 e. The minimum absolute atomic E-state index is 0. The van der Waals surface area contributed by atoms with Gasteiger partial charge in [-0.25, -0.2) is 5.30 Å². The van der Waals surface area contributed by atoms with Crippen LogP contribution in [0.15, 0.2) is 30.3 Å². The van der Waals surface area contributed by atoms with Crippen LogP contribution >= 0.6 is 8.13 Å². The summed E-state index contributed by atoms with van der Waals surface area (Å²) >= 11 is 0. The van der Waals surface area contributed by atoms with E-state index in [9.17, 15) is 0 Å². The molecule has 0 nitrogen and oxygen atoms in total. The minimum Gasteiger partial charge on any atom is -0.507 e. The molecule has 1 aromatic carbocycles. The van der Waals surface area contributed by atoms with Gasteiger partial charge in [0.2, 0.25) is 0 Å². The summed E-state index contributed by atoms with van der Waals surface area (Å²) in [6.45, 7) is 7.17. The van der Waals surface area contributed by atoms with E-state index >= 15 is 0 Å². The summed E-state index contributed by atoms with van der Waals surface area (Å²) in [4.78, 5) is 0. The predicted octanol–water partition coefficient (Wildman–Crippen LogP) is 0.0970. The summed E-state index contributed by atoms with van der Waals surface area (Å²) in [6.07, 6.45) is 0. The molecule has 0 bridgehead atoms. The molecule has 0 fully saturated rings. The number of benzene rings is 1. The zero-order valence-corrected chi connectivity index (χ0v) is 10.2. The van der Waals surface area contributed by atoms with E-state index in [0.29, 0.717) is 0 Å². The fourth-order valence-electron chi connectivity index (χ4n) is 0.890. The first-order valence-electron chi connectivity index (χ1n) is 3.86. The summed E-state index contributed by atoms with van der Waals surface area (Å²) in [5, 5.41) is 1.46. The van der Waals surface area contributed by atoms with Crippen molar-refractivity contribution in [3.63, 3.8) is 0 Å². The Labute approximate surface area is 90.0 Å². The van der Waals surface area contributed by atoms with E-state index in [2.05, 4.69) is 50.0 Å². The molecule has 0 saturated heterocycles. The fraction of sp³-hybridized carbons (Fsp3) is 0.333. The fourth-order valence-corrected chi connectivity index (χ4v) is 4.76. The molecule has 0 unspecified atom stereocenters. The number of rotatable bonds is 2. The second-order valence-electron chi connectivity index (χ2n) is 3.62. The molecule has 0 spiro atoms. The van der Waals surface area contributed by atoms with Gasteiger partial charge in [0.15, 0.2) is 0 Å². The van der Waals surface area contributed by atoms with Crippen LogP contribution in [-0.4, -0.2) is 7.74 Å². The van der Waals surface area contributed by atoms with Crippen molar-refractivity contribution in [3.05, 3.63) is 30.3 Å². The summed E-state index contributed by atoms with van der Waals surface area (Å²) in [6, 6.07) is 10.7. The average Bonchev–Trinajstić information content (AvgIpc) is 1.85. The van der Waals surface area contributed by atoms with E-state index in [4.69, 9.17) is 0 Å². The maximum absolute atomic E-state index is 2.39. The molecule has 1 rings (SSSR count). The van der Waals surface area contributed by atoms with E-state index in [1.807, 2.05) is 0 Å². The largest absolute Gasteiger partial charge is 1.00 e. The monoisotopic (exact) mass is 188 g/mol. The molecule has 12 heavy (non-hydrogen) atoms. The average molecular weight is 188 g/mol. The Balaban J connectivity index is 0.00000121. The van der Waals surface area contributed by atoms with Gasteiger partial charge in [0.25, 0.3) is 0 Å². The van der Waals surface area contributed by atoms with Gasteiger partial charge in [-0.1, -0.05) is 50.0 Å². The van der Waals surface area contributed by atoms with Gasteiger partial charge < -0.3 is 8.13 Å². The number of hydrogen-bond acceptors (Lipinski definition) is 0. The molecule has 0 N–H and O–H groups in total. The van der Waals surface area contributed by atoms with E-state index in [1.54, 1.807) is 8.13 Å². The van der Waals surface area contributed by atoms with E-state index in [1.165, 1.54) is 5.30 Å². The molecule has 0 heterocycles. The predicted molar refractivity (Wildman–Crippen MR) is 56.3 cm³/mol. The van der Waals surface area contributed by atoms with Gasteiger partial charge in [-0.05, 0) is 0 Å². The molecular weight excluding hydrogens is 174 g/mol. The SMILES string of the molecule is C[Si](C)(C)[P-]c1ccccc1.[Li+]. The molecule has 0 aromatic heterocycles. The third kappa shape index (κ3) is 5.17. The van der Waals surface area contributed by atoms with Gasteiger partial charge in [-0.2, -0.15) is 0 Å². The quantitative estimate of drug-likeness (QED) is 0.456. The first kappa shape index (κ1) is 12.5. The van der Waals surface area contributed by atoms with Crippen LogP contribution in [0.25, 0.3) is 0 Å². The van der Waals surface area contributed by atoms with Crippen molar-refractivity contribution in [1.82, 2.24) is 0 Å². The Bertz CT molecular complexity index is 218. The van der Waals surface area contributed by atoms with E-state index in [0.717, 1.165) is 0 Å². The van der Waals surface area contributed by atoms with Crippen LogP contribution in [0.3, 0.4) is 0 Å². The summed E-state index contributed by atoms with van der Waals surface area (Å²) in [7, 11) is 0.620. The van der Waals surface area contributed by atoms with E-state index in [-0.39, 0.29) is 18.9 Å². The van der Waals surface area contributed by atoms with Crippen molar-refractivity contribution in [2.45, 2.75) is 19.6 Å². The molecule has 0 aliphatic carbocycles. The molecular formula is C9H14LiPSi. The molecule has 0 atom stereocenters. The molecule has 0 radical (unpaired) electrons. The zero-order chi connectivity index (χ0) is 8.32. The van der Waals surface area contributed by atoms with Crippen LogP contribution in [0.1, 0.15) is 0 Å². The molecule has 3 heteroatoms. The Kier molecular flexibility index (Phi) is 5.45. The molecule has 60 valence electrons. The van der Waals surface area contributed by atoms with Crippen LogP contribution in [0.4, 0.5) is 0 Å². The third-order valence-electron chi connectivity index (χ3n) is 1.22. The molecule has 0 aliphatic heterocycles. The van der Waals surface area contributed by atoms with Gasteiger partial charge in [0.05, 0.1) is 0 Å². The van der Waals surface area contributed by atoms with E-state index < -0.39 is 7.74 Å². The summed E-state index contributed by atoms with van der Waals surface area (Å²) in [5.74, 6) is 0. The van der Waals surface area contributed by atoms with Gasteiger partial charge in [0, 0.05) is 0 Å². The topological polar surface area (TPSA) is 0 Å². The van der Waals surface area contributed by atoms with Crippen LogP contribution in [-0.2, 0) is 0 Å². The minimum atomic E-state index is -0.926. The maximum atomic E-state index is 2.39. The Morgan fingerprint density at radius 1 is 1.00 bits per heavy atom. The molecule has 0 aliphatic rings. The van der Waals surface area contributed by atoms with Crippen molar-refractivity contribution >= 4 is 21.2 Å². The molecule has 0 saturated carbocycles. The van der Waals surface area contributed by atoms with Gasteiger partial charge in [-0.3, -0.25) is 0 Å². The number of hydrogen-bond donors (Lipinski definition) is 0. The van der Waals surface area contributed by atoms with Crippen LogP contribution in [0.5, 0.6) is 0 Å². The first-order valence-corrected chi connectivity index (χ1v) is 9.09. The van der Waals surface area contributed by atoms with Gasteiger partial charge in [-0.15, -0.1) is 7.74 Å². The van der Waals surface area contributed by atoms with Crippen molar-refractivity contribution in [2.75, 3.05) is 0 Å². The Morgan fingerprint density at radius 2 is 1.50 bits per heavy atom. The van der Waals surface area contributed by atoms with Crippen molar-refractivity contribution in [1.29, 1.82) is 0 Å². The summed E-state index contributed by atoms with van der Waals surface area (Å²) in [5.41, 5.74) is 0. The van der Waals surface area contributed by atoms with Crippen LogP contribution < -0.4 is 24.2 Å². The second kappa shape index (κ2) is 5.25. The van der Waals surface area contributed by atoms with Gasteiger partial charge in [0.1, 0.15) is 0 Å². The molecule has 1 aromatic rings. The van der Waals surface area contributed by atoms with Crippen molar-refractivity contribution < 1.29 is 18.9 Å². The Morgan fingerprint density at radius 3 is 1.92 bits per heavy atom. The normalized spacial score (nSPS) is 11.6. The van der Waals surface area contributed by atoms with Crippen LogP contribution in [0, 0.1) is 0 Å². The van der Waals surface area contributed by atoms with Crippen molar-refractivity contribution in [2.24, 2.45) is 0 Å². The standard InChI is InChI=1S/C9H14PSi.Li/c1-11(2,3)10-9-7-5-4-6-8-9;/h4-8H,1-3H3;/q-1;+1. The first-order chi connectivity index (χ1) is 5.08. The van der Waals surface area contributed by atoms with Crippen LogP contribution in [0.2, 0.25) is 19.6 Å². The zero-order valence-electron chi connectivity index (χ0n) is 8.33. The smallest absolute Gasteiger partial charge is 0.507 e. The summed E-state index contributed by atoms with van der Waals surface area (Å²) < 4.78 is 0. The second-order valence-corrected chi connectivity index (χ2v) is 13.4. The Hall–Kier alpha value is 0.464.